The van der Waals surface area contributed by atoms with Crippen molar-refractivity contribution in [3.8, 4) is 0 Å². The topological polar surface area (TPSA) is 55.6 Å². The van der Waals surface area contributed by atoms with Crippen LogP contribution in [0.4, 0.5) is 0 Å². The Labute approximate surface area is 122 Å². The Balaban J connectivity index is 1.64. The molecule has 1 aliphatic heterocycles. The van der Waals surface area contributed by atoms with E-state index in [1.165, 1.54) is 19.3 Å². The molecule has 3 rings (SSSR count). The van der Waals surface area contributed by atoms with E-state index in [1.807, 2.05) is 0 Å². The van der Waals surface area contributed by atoms with E-state index in [-0.39, 0.29) is 5.92 Å². The van der Waals surface area contributed by atoms with Crippen LogP contribution in [0, 0.1) is 11.8 Å². The molecule has 1 amide bonds. The van der Waals surface area contributed by atoms with E-state index in [9.17, 15) is 4.79 Å². The maximum Gasteiger partial charge on any atom is 0.226 e. The zero-order valence-electron chi connectivity index (χ0n) is 12.6. The SMILES string of the molecule is CC(C(=O)N1CCOC2CCCC21)C1CCCC(N)C1. The van der Waals surface area contributed by atoms with Crippen LogP contribution in [0.3, 0.4) is 0 Å². The van der Waals surface area contributed by atoms with Crippen molar-refractivity contribution in [2.75, 3.05) is 13.2 Å². The van der Waals surface area contributed by atoms with E-state index in [0.717, 1.165) is 32.2 Å². The fraction of sp³-hybridized carbons (Fsp3) is 0.938. The smallest absolute Gasteiger partial charge is 0.226 e. The molecule has 0 aromatic rings. The van der Waals surface area contributed by atoms with E-state index in [4.69, 9.17) is 10.5 Å². The molecule has 3 aliphatic rings. The second kappa shape index (κ2) is 6.02. The number of nitrogens with two attached hydrogens (primary N) is 1. The lowest BCUT2D eigenvalue weighted by Gasteiger charge is -2.41. The normalized spacial score (nSPS) is 39.4. The van der Waals surface area contributed by atoms with Crippen molar-refractivity contribution in [1.82, 2.24) is 4.90 Å². The van der Waals surface area contributed by atoms with Crippen LogP contribution in [0.1, 0.15) is 51.9 Å². The minimum absolute atomic E-state index is 0.126. The molecule has 3 fully saturated rings. The van der Waals surface area contributed by atoms with Crippen LogP contribution in [-0.2, 0) is 9.53 Å². The number of carbonyl (C=O) groups excluding carboxylic acids is 1. The highest BCUT2D eigenvalue weighted by Crippen LogP contribution is 2.34. The van der Waals surface area contributed by atoms with Crippen LogP contribution in [-0.4, -0.2) is 42.1 Å². The van der Waals surface area contributed by atoms with Gasteiger partial charge in [-0.1, -0.05) is 13.3 Å². The Morgan fingerprint density at radius 2 is 2.05 bits per heavy atom. The second-order valence-electron chi connectivity index (χ2n) is 6.91. The number of hydrogen-bond acceptors (Lipinski definition) is 3. The van der Waals surface area contributed by atoms with Crippen molar-refractivity contribution in [2.45, 2.75) is 70.1 Å². The predicted molar refractivity (Wildman–Crippen MR) is 78.2 cm³/mol. The fourth-order valence-electron chi connectivity index (χ4n) is 4.38. The zero-order valence-corrected chi connectivity index (χ0v) is 12.6. The summed E-state index contributed by atoms with van der Waals surface area (Å²) < 4.78 is 5.81. The molecule has 4 heteroatoms. The second-order valence-corrected chi connectivity index (χ2v) is 6.91. The summed E-state index contributed by atoms with van der Waals surface area (Å²) in [6, 6.07) is 0.642. The fourth-order valence-corrected chi connectivity index (χ4v) is 4.38. The van der Waals surface area contributed by atoms with Crippen LogP contribution in [0.15, 0.2) is 0 Å². The van der Waals surface area contributed by atoms with Crippen molar-refractivity contribution in [1.29, 1.82) is 0 Å². The van der Waals surface area contributed by atoms with Gasteiger partial charge in [0.1, 0.15) is 0 Å². The zero-order chi connectivity index (χ0) is 14.1. The molecule has 0 radical (unpaired) electrons. The van der Waals surface area contributed by atoms with Gasteiger partial charge in [-0.3, -0.25) is 4.79 Å². The van der Waals surface area contributed by atoms with Gasteiger partial charge in [-0.25, -0.2) is 0 Å². The van der Waals surface area contributed by atoms with Gasteiger partial charge in [-0.2, -0.15) is 0 Å². The van der Waals surface area contributed by atoms with Gasteiger partial charge in [0.2, 0.25) is 5.91 Å². The molecule has 2 aliphatic carbocycles. The molecule has 1 heterocycles. The Morgan fingerprint density at radius 3 is 2.85 bits per heavy atom. The van der Waals surface area contributed by atoms with E-state index in [2.05, 4.69) is 11.8 Å². The minimum atomic E-state index is 0.126. The molecular formula is C16H28N2O2. The lowest BCUT2D eigenvalue weighted by atomic mass is 9.78. The van der Waals surface area contributed by atoms with Crippen molar-refractivity contribution in [3.05, 3.63) is 0 Å². The molecule has 0 aromatic heterocycles. The van der Waals surface area contributed by atoms with Crippen molar-refractivity contribution in [2.24, 2.45) is 17.6 Å². The monoisotopic (exact) mass is 280 g/mol. The Morgan fingerprint density at radius 1 is 1.25 bits per heavy atom. The van der Waals surface area contributed by atoms with E-state index >= 15 is 0 Å². The summed E-state index contributed by atoms with van der Waals surface area (Å²) in [5.41, 5.74) is 6.08. The van der Waals surface area contributed by atoms with Crippen LogP contribution in [0.5, 0.6) is 0 Å². The summed E-state index contributed by atoms with van der Waals surface area (Å²) in [6.07, 6.45) is 8.23. The highest BCUT2D eigenvalue weighted by molar-refractivity contribution is 5.79. The number of morpholine rings is 1. The van der Waals surface area contributed by atoms with Crippen LogP contribution >= 0.6 is 0 Å². The van der Waals surface area contributed by atoms with Gasteiger partial charge in [0.15, 0.2) is 0 Å². The molecule has 5 unspecified atom stereocenters. The molecule has 2 saturated carbocycles. The highest BCUT2D eigenvalue weighted by atomic mass is 16.5. The lowest BCUT2D eigenvalue weighted by Crippen LogP contribution is -2.53. The maximum absolute atomic E-state index is 12.9. The van der Waals surface area contributed by atoms with Crippen molar-refractivity contribution in [3.63, 3.8) is 0 Å². The quantitative estimate of drug-likeness (QED) is 0.841. The van der Waals surface area contributed by atoms with E-state index in [1.54, 1.807) is 0 Å². The molecule has 1 saturated heterocycles. The highest BCUT2D eigenvalue weighted by Gasteiger charge is 2.41. The summed E-state index contributed by atoms with van der Waals surface area (Å²) >= 11 is 0. The molecule has 4 nitrogen and oxygen atoms in total. The Bertz CT molecular complexity index is 360. The molecule has 5 atom stereocenters. The molecule has 114 valence electrons. The van der Waals surface area contributed by atoms with Crippen LogP contribution in [0.25, 0.3) is 0 Å². The number of carbonyl (C=O) groups is 1. The largest absolute Gasteiger partial charge is 0.374 e. The van der Waals surface area contributed by atoms with Gasteiger partial charge >= 0.3 is 0 Å². The van der Waals surface area contributed by atoms with E-state index in [0.29, 0.717) is 36.6 Å². The first kappa shape index (κ1) is 14.3. The van der Waals surface area contributed by atoms with Gasteiger partial charge in [0.25, 0.3) is 0 Å². The van der Waals surface area contributed by atoms with Crippen molar-refractivity contribution >= 4 is 5.91 Å². The van der Waals surface area contributed by atoms with Gasteiger partial charge in [0, 0.05) is 18.5 Å². The molecular weight excluding hydrogens is 252 g/mol. The summed E-state index contributed by atoms with van der Waals surface area (Å²) in [5, 5.41) is 0. The maximum atomic E-state index is 12.9. The number of fused-ring (bicyclic) bond motifs is 1. The van der Waals surface area contributed by atoms with Gasteiger partial charge < -0.3 is 15.4 Å². The number of rotatable bonds is 2. The average Bonchev–Trinajstić information content (AvgIpc) is 2.94. The summed E-state index contributed by atoms with van der Waals surface area (Å²) in [6.45, 7) is 3.61. The third-order valence-electron chi connectivity index (χ3n) is 5.62. The first-order valence-electron chi connectivity index (χ1n) is 8.34. The first-order chi connectivity index (χ1) is 9.66. The minimum Gasteiger partial charge on any atom is -0.374 e. The standard InChI is InChI=1S/C16H28N2O2/c1-11(12-4-2-5-13(17)10-12)16(19)18-8-9-20-15-7-3-6-14(15)18/h11-15H,2-10,17H2,1H3. The number of amides is 1. The van der Waals surface area contributed by atoms with Gasteiger partial charge in [-0.05, 0) is 44.4 Å². The summed E-state index contributed by atoms with van der Waals surface area (Å²) in [7, 11) is 0. The lowest BCUT2D eigenvalue weighted by molar-refractivity contribution is -0.150. The third-order valence-corrected chi connectivity index (χ3v) is 5.62. The van der Waals surface area contributed by atoms with Crippen molar-refractivity contribution < 1.29 is 9.53 Å². The third kappa shape index (κ3) is 2.73. The molecule has 0 aromatic carbocycles. The first-order valence-corrected chi connectivity index (χ1v) is 8.34. The average molecular weight is 280 g/mol. The summed E-state index contributed by atoms with van der Waals surface area (Å²) in [4.78, 5) is 15.0. The Kier molecular flexibility index (Phi) is 4.32. The number of ether oxygens (including phenoxy) is 1. The van der Waals surface area contributed by atoms with Gasteiger partial charge in [-0.15, -0.1) is 0 Å². The number of hydrogen-bond donors (Lipinski definition) is 1. The molecule has 20 heavy (non-hydrogen) atoms. The molecule has 2 N–H and O–H groups in total. The van der Waals surface area contributed by atoms with E-state index < -0.39 is 0 Å². The molecule has 0 bridgehead atoms. The summed E-state index contributed by atoms with van der Waals surface area (Å²) in [5.74, 6) is 0.957. The van der Waals surface area contributed by atoms with Gasteiger partial charge in [0.05, 0.1) is 18.8 Å². The predicted octanol–water partition coefficient (Wildman–Crippen LogP) is 1.92. The molecule has 0 spiro atoms. The van der Waals surface area contributed by atoms with Crippen LogP contribution in [0.2, 0.25) is 0 Å². The van der Waals surface area contributed by atoms with Crippen LogP contribution < -0.4 is 5.73 Å². The Hall–Kier alpha value is -0.610. The number of nitrogens with zero attached hydrogens (tertiary/aromatic N) is 1.